The van der Waals surface area contributed by atoms with Gasteiger partial charge in [-0.2, -0.15) is 4.98 Å². The highest BCUT2D eigenvalue weighted by atomic mass is 16.5. The zero-order chi connectivity index (χ0) is 12.4. The summed E-state index contributed by atoms with van der Waals surface area (Å²) in [5, 5.41) is 7.50. The van der Waals surface area contributed by atoms with Gasteiger partial charge in [0.15, 0.2) is 0 Å². The summed E-state index contributed by atoms with van der Waals surface area (Å²) in [5.41, 5.74) is 0. The van der Waals surface area contributed by atoms with Gasteiger partial charge in [0, 0.05) is 19.1 Å². The fraction of sp³-hybridized carbons (Fsp3) is 0.833. The Bertz CT molecular complexity index is 389. The van der Waals surface area contributed by atoms with Crippen molar-refractivity contribution >= 4 is 5.95 Å². The van der Waals surface area contributed by atoms with Crippen molar-refractivity contribution in [3.63, 3.8) is 0 Å². The van der Waals surface area contributed by atoms with Crippen LogP contribution in [0, 0.1) is 0 Å². The average Bonchev–Trinajstić information content (AvgIpc) is 3.10. The van der Waals surface area contributed by atoms with Gasteiger partial charge in [-0.3, -0.25) is 0 Å². The lowest BCUT2D eigenvalue weighted by atomic mass is 10.0. The first-order valence-electron chi connectivity index (χ1n) is 6.78. The monoisotopic (exact) mass is 252 g/mol. The molecule has 0 spiro atoms. The fourth-order valence-corrected chi connectivity index (χ4v) is 2.68. The highest BCUT2D eigenvalue weighted by Crippen LogP contribution is 2.26. The second-order valence-electron chi connectivity index (χ2n) is 4.93. The summed E-state index contributed by atoms with van der Waals surface area (Å²) in [7, 11) is 0. The Morgan fingerprint density at radius 2 is 2.17 bits per heavy atom. The minimum atomic E-state index is 0.189. The Morgan fingerprint density at radius 1 is 1.33 bits per heavy atom. The third-order valence-corrected chi connectivity index (χ3v) is 3.68. The molecular weight excluding hydrogens is 232 g/mol. The smallest absolute Gasteiger partial charge is 0.266 e. The number of nitrogens with zero attached hydrogens (tertiary/aromatic N) is 3. The van der Waals surface area contributed by atoms with Gasteiger partial charge in [-0.25, -0.2) is 0 Å². The van der Waals surface area contributed by atoms with Crippen molar-refractivity contribution in [3.05, 3.63) is 5.89 Å². The van der Waals surface area contributed by atoms with E-state index in [4.69, 9.17) is 9.26 Å². The van der Waals surface area contributed by atoms with Gasteiger partial charge < -0.3 is 19.5 Å². The van der Waals surface area contributed by atoms with E-state index in [1.54, 1.807) is 0 Å². The molecule has 1 aromatic rings. The van der Waals surface area contributed by atoms with Crippen LogP contribution < -0.4 is 10.2 Å². The van der Waals surface area contributed by atoms with Crippen LogP contribution in [0.5, 0.6) is 0 Å². The molecule has 0 aromatic carbocycles. The van der Waals surface area contributed by atoms with Crippen LogP contribution in [0.1, 0.15) is 31.6 Å². The minimum Gasteiger partial charge on any atom is -0.379 e. The SMILES string of the molecule is CCNC1COCC1c1nc(N2CCCC2)no1. The summed E-state index contributed by atoms with van der Waals surface area (Å²) >= 11 is 0. The Balaban J connectivity index is 1.71. The van der Waals surface area contributed by atoms with Crippen molar-refractivity contribution in [2.24, 2.45) is 0 Å². The Labute approximate surface area is 107 Å². The lowest BCUT2D eigenvalue weighted by molar-refractivity contribution is 0.185. The van der Waals surface area contributed by atoms with Crippen molar-refractivity contribution in [1.82, 2.24) is 15.5 Å². The normalized spacial score (nSPS) is 28.2. The van der Waals surface area contributed by atoms with Gasteiger partial charge in [0.05, 0.1) is 19.1 Å². The van der Waals surface area contributed by atoms with Crippen molar-refractivity contribution in [3.8, 4) is 0 Å². The van der Waals surface area contributed by atoms with E-state index >= 15 is 0 Å². The number of likely N-dealkylation sites (N-methyl/N-ethyl adjacent to an activating group) is 1. The first kappa shape index (κ1) is 11.9. The van der Waals surface area contributed by atoms with Gasteiger partial charge in [-0.05, 0) is 24.5 Å². The third kappa shape index (κ3) is 2.22. The van der Waals surface area contributed by atoms with Crippen LogP contribution >= 0.6 is 0 Å². The maximum Gasteiger partial charge on any atom is 0.266 e. The van der Waals surface area contributed by atoms with E-state index in [1.165, 1.54) is 12.8 Å². The van der Waals surface area contributed by atoms with Crippen LogP contribution in [0.2, 0.25) is 0 Å². The summed E-state index contributed by atoms with van der Waals surface area (Å²) < 4.78 is 10.9. The van der Waals surface area contributed by atoms with Gasteiger partial charge >= 0.3 is 0 Å². The van der Waals surface area contributed by atoms with Crippen molar-refractivity contribution in [2.45, 2.75) is 31.7 Å². The van der Waals surface area contributed by atoms with E-state index < -0.39 is 0 Å². The van der Waals surface area contributed by atoms with Gasteiger partial charge in [0.2, 0.25) is 5.89 Å². The predicted octanol–water partition coefficient (Wildman–Crippen LogP) is 0.762. The molecular formula is C12H20N4O2. The Morgan fingerprint density at radius 3 is 2.94 bits per heavy atom. The minimum absolute atomic E-state index is 0.189. The van der Waals surface area contributed by atoms with E-state index in [0.717, 1.165) is 32.2 Å². The topological polar surface area (TPSA) is 63.4 Å². The molecule has 0 radical (unpaired) electrons. The van der Waals surface area contributed by atoms with Crippen LogP contribution in [0.3, 0.4) is 0 Å². The Kier molecular flexibility index (Phi) is 3.47. The molecule has 18 heavy (non-hydrogen) atoms. The van der Waals surface area contributed by atoms with Crippen LogP contribution in [-0.2, 0) is 4.74 Å². The molecule has 0 aliphatic carbocycles. The lowest BCUT2D eigenvalue weighted by Crippen LogP contribution is -2.34. The lowest BCUT2D eigenvalue weighted by Gasteiger charge is -2.14. The molecule has 2 unspecified atom stereocenters. The van der Waals surface area contributed by atoms with Crippen LogP contribution in [0.15, 0.2) is 4.52 Å². The summed E-state index contributed by atoms with van der Waals surface area (Å²) in [6.45, 7) is 6.49. The van der Waals surface area contributed by atoms with Gasteiger partial charge in [-0.1, -0.05) is 6.92 Å². The van der Waals surface area contributed by atoms with Crippen LogP contribution in [0.25, 0.3) is 0 Å². The first-order chi connectivity index (χ1) is 8.88. The summed E-state index contributed by atoms with van der Waals surface area (Å²) in [4.78, 5) is 6.72. The van der Waals surface area contributed by atoms with Gasteiger partial charge in [0.1, 0.15) is 0 Å². The number of nitrogens with one attached hydrogen (secondary N) is 1. The maximum atomic E-state index is 5.51. The molecule has 100 valence electrons. The molecule has 0 bridgehead atoms. The largest absolute Gasteiger partial charge is 0.379 e. The third-order valence-electron chi connectivity index (χ3n) is 3.68. The standard InChI is InChI=1S/C12H20N4O2/c1-2-13-10-8-17-7-9(10)11-14-12(15-18-11)16-5-3-4-6-16/h9-10,13H,2-8H2,1H3. The van der Waals surface area contributed by atoms with Crippen molar-refractivity contribution in [1.29, 1.82) is 0 Å². The van der Waals surface area contributed by atoms with Crippen LogP contribution in [0.4, 0.5) is 5.95 Å². The number of hydrogen-bond donors (Lipinski definition) is 1. The molecule has 6 nitrogen and oxygen atoms in total. The first-order valence-corrected chi connectivity index (χ1v) is 6.78. The van der Waals surface area contributed by atoms with Crippen LogP contribution in [-0.4, -0.2) is 49.0 Å². The van der Waals surface area contributed by atoms with E-state index in [0.29, 0.717) is 18.5 Å². The number of ether oxygens (including phenoxy) is 1. The zero-order valence-electron chi connectivity index (χ0n) is 10.8. The summed E-state index contributed by atoms with van der Waals surface area (Å²) in [6, 6.07) is 0.293. The maximum absolute atomic E-state index is 5.51. The zero-order valence-corrected chi connectivity index (χ0v) is 10.8. The molecule has 2 aliphatic rings. The fourth-order valence-electron chi connectivity index (χ4n) is 2.68. The number of aromatic nitrogens is 2. The van der Waals surface area contributed by atoms with Gasteiger partial charge in [0.25, 0.3) is 5.95 Å². The highest BCUT2D eigenvalue weighted by molar-refractivity contribution is 5.29. The molecule has 0 saturated carbocycles. The van der Waals surface area contributed by atoms with Gasteiger partial charge in [-0.15, -0.1) is 0 Å². The summed E-state index contributed by atoms with van der Waals surface area (Å²) in [5.74, 6) is 1.64. The molecule has 1 aromatic heterocycles. The molecule has 0 amide bonds. The van der Waals surface area contributed by atoms with E-state index in [2.05, 4.69) is 27.3 Å². The molecule has 3 rings (SSSR count). The quantitative estimate of drug-likeness (QED) is 0.853. The number of anilines is 1. The molecule has 2 atom stereocenters. The highest BCUT2D eigenvalue weighted by Gasteiger charge is 2.34. The van der Waals surface area contributed by atoms with E-state index in [9.17, 15) is 0 Å². The molecule has 2 aliphatic heterocycles. The van der Waals surface area contributed by atoms with E-state index in [1.807, 2.05) is 0 Å². The summed E-state index contributed by atoms with van der Waals surface area (Å²) in [6.07, 6.45) is 2.44. The van der Waals surface area contributed by atoms with E-state index in [-0.39, 0.29) is 5.92 Å². The van der Waals surface area contributed by atoms with Crippen molar-refractivity contribution in [2.75, 3.05) is 37.7 Å². The Hall–Kier alpha value is -1.14. The second-order valence-corrected chi connectivity index (χ2v) is 4.93. The molecule has 2 saturated heterocycles. The van der Waals surface area contributed by atoms with Crippen molar-refractivity contribution < 1.29 is 9.26 Å². The molecule has 1 N–H and O–H groups in total. The number of hydrogen-bond acceptors (Lipinski definition) is 6. The molecule has 2 fully saturated rings. The number of rotatable bonds is 4. The second kappa shape index (κ2) is 5.24. The molecule has 3 heterocycles. The predicted molar refractivity (Wildman–Crippen MR) is 66.8 cm³/mol. The molecule has 6 heteroatoms. The average molecular weight is 252 g/mol.